The van der Waals surface area contributed by atoms with Crippen molar-refractivity contribution in [3.8, 4) is 0 Å². The molecular formula is C16H23ClN4O2. The Morgan fingerprint density at radius 1 is 1.35 bits per heavy atom. The maximum absolute atomic E-state index is 12.6. The standard InChI is InChI=1S/C16H22N4O2.ClH/c17-10-12-5-8-19(11-12)15(21)13-3-1-4-14(9-13)20-7-2-6-18-16(20)22;/h1,3-4,9,12H,2,5-8,10-11,17H2,(H,18,22);1H. The third-order valence-electron chi connectivity index (χ3n) is 4.39. The molecule has 2 aliphatic rings. The van der Waals surface area contributed by atoms with Crippen LogP contribution in [0.25, 0.3) is 0 Å². The largest absolute Gasteiger partial charge is 0.338 e. The lowest BCUT2D eigenvalue weighted by atomic mass is 10.1. The normalized spacial score (nSPS) is 20.9. The summed E-state index contributed by atoms with van der Waals surface area (Å²) in [6, 6.07) is 7.22. The third kappa shape index (κ3) is 3.76. The van der Waals surface area contributed by atoms with E-state index in [2.05, 4.69) is 5.32 Å². The van der Waals surface area contributed by atoms with E-state index in [1.54, 1.807) is 4.90 Å². The Morgan fingerprint density at radius 2 is 2.17 bits per heavy atom. The molecule has 3 amide bonds. The Hall–Kier alpha value is -1.79. The highest BCUT2D eigenvalue weighted by atomic mass is 35.5. The van der Waals surface area contributed by atoms with Gasteiger partial charge in [-0.3, -0.25) is 9.69 Å². The average Bonchev–Trinajstić information content (AvgIpc) is 3.04. The molecule has 7 heteroatoms. The highest BCUT2D eigenvalue weighted by molar-refractivity contribution is 5.98. The molecule has 126 valence electrons. The molecule has 2 aliphatic heterocycles. The van der Waals surface area contributed by atoms with E-state index in [9.17, 15) is 9.59 Å². The van der Waals surface area contributed by atoms with E-state index < -0.39 is 0 Å². The summed E-state index contributed by atoms with van der Waals surface area (Å²) in [5, 5.41) is 2.83. The molecule has 1 atom stereocenters. The summed E-state index contributed by atoms with van der Waals surface area (Å²) in [7, 11) is 0. The number of urea groups is 1. The maximum Gasteiger partial charge on any atom is 0.321 e. The number of rotatable bonds is 3. The lowest BCUT2D eigenvalue weighted by Crippen LogP contribution is -2.46. The van der Waals surface area contributed by atoms with Crippen molar-refractivity contribution in [1.82, 2.24) is 10.2 Å². The van der Waals surface area contributed by atoms with E-state index in [-0.39, 0.29) is 24.3 Å². The first-order chi connectivity index (χ1) is 10.7. The second-order valence-corrected chi connectivity index (χ2v) is 5.93. The van der Waals surface area contributed by atoms with Crippen LogP contribution in [0.2, 0.25) is 0 Å². The van der Waals surface area contributed by atoms with E-state index in [4.69, 9.17) is 5.73 Å². The fourth-order valence-electron chi connectivity index (χ4n) is 3.07. The van der Waals surface area contributed by atoms with Gasteiger partial charge in [0.2, 0.25) is 0 Å². The van der Waals surface area contributed by atoms with Gasteiger partial charge in [0, 0.05) is 37.4 Å². The number of benzene rings is 1. The first-order valence-electron chi connectivity index (χ1n) is 7.84. The van der Waals surface area contributed by atoms with Crippen LogP contribution < -0.4 is 16.0 Å². The third-order valence-corrected chi connectivity index (χ3v) is 4.39. The molecule has 0 bridgehead atoms. The molecule has 0 radical (unpaired) electrons. The zero-order chi connectivity index (χ0) is 15.5. The van der Waals surface area contributed by atoms with Crippen LogP contribution in [0.3, 0.4) is 0 Å². The molecule has 23 heavy (non-hydrogen) atoms. The second kappa shape index (κ2) is 7.66. The van der Waals surface area contributed by atoms with Crippen LogP contribution in [-0.2, 0) is 0 Å². The predicted molar refractivity (Wildman–Crippen MR) is 92.1 cm³/mol. The molecule has 3 N–H and O–H groups in total. The molecule has 0 aromatic heterocycles. The van der Waals surface area contributed by atoms with E-state index in [1.807, 2.05) is 29.2 Å². The fraction of sp³-hybridized carbons (Fsp3) is 0.500. The van der Waals surface area contributed by atoms with E-state index in [1.165, 1.54) is 0 Å². The number of halogens is 1. The molecule has 1 aromatic rings. The molecule has 1 aromatic carbocycles. The highest BCUT2D eigenvalue weighted by Crippen LogP contribution is 2.22. The maximum atomic E-state index is 12.6. The molecule has 0 spiro atoms. The number of nitrogens with zero attached hydrogens (tertiary/aromatic N) is 2. The molecule has 3 rings (SSSR count). The van der Waals surface area contributed by atoms with Gasteiger partial charge in [-0.05, 0) is 43.5 Å². The monoisotopic (exact) mass is 338 g/mol. The number of nitrogens with two attached hydrogens (primary N) is 1. The summed E-state index contributed by atoms with van der Waals surface area (Å²) >= 11 is 0. The number of anilines is 1. The van der Waals surface area contributed by atoms with Gasteiger partial charge >= 0.3 is 6.03 Å². The van der Waals surface area contributed by atoms with Crippen molar-refractivity contribution in [2.24, 2.45) is 11.7 Å². The quantitative estimate of drug-likeness (QED) is 0.875. The van der Waals surface area contributed by atoms with Crippen molar-refractivity contribution < 1.29 is 9.59 Å². The number of hydrogen-bond donors (Lipinski definition) is 2. The lowest BCUT2D eigenvalue weighted by Gasteiger charge is -2.28. The number of hydrogen-bond acceptors (Lipinski definition) is 3. The fourth-order valence-corrected chi connectivity index (χ4v) is 3.07. The Bertz CT molecular complexity index is 581. The van der Waals surface area contributed by atoms with Gasteiger partial charge in [-0.2, -0.15) is 0 Å². The minimum Gasteiger partial charge on any atom is -0.338 e. The average molecular weight is 339 g/mol. The molecular weight excluding hydrogens is 316 g/mol. The van der Waals surface area contributed by atoms with Crippen molar-refractivity contribution in [3.05, 3.63) is 29.8 Å². The topological polar surface area (TPSA) is 78.7 Å². The van der Waals surface area contributed by atoms with Gasteiger partial charge in [0.25, 0.3) is 5.91 Å². The van der Waals surface area contributed by atoms with Crippen molar-refractivity contribution >= 4 is 30.0 Å². The molecule has 1 unspecified atom stereocenters. The molecule has 0 aliphatic carbocycles. The van der Waals surface area contributed by atoms with Crippen molar-refractivity contribution in [2.75, 3.05) is 37.6 Å². The Morgan fingerprint density at radius 3 is 2.87 bits per heavy atom. The predicted octanol–water partition coefficient (Wildman–Crippen LogP) is 1.45. The smallest absolute Gasteiger partial charge is 0.321 e. The van der Waals surface area contributed by atoms with Crippen molar-refractivity contribution in [2.45, 2.75) is 12.8 Å². The van der Waals surface area contributed by atoms with E-state index in [0.29, 0.717) is 31.1 Å². The van der Waals surface area contributed by atoms with Gasteiger partial charge in [-0.25, -0.2) is 4.79 Å². The van der Waals surface area contributed by atoms with Crippen LogP contribution in [-0.4, -0.2) is 49.6 Å². The van der Waals surface area contributed by atoms with E-state index in [0.717, 1.165) is 31.6 Å². The van der Waals surface area contributed by atoms with Gasteiger partial charge in [-0.15, -0.1) is 12.4 Å². The van der Waals surface area contributed by atoms with Crippen molar-refractivity contribution in [1.29, 1.82) is 0 Å². The van der Waals surface area contributed by atoms with Gasteiger partial charge in [-0.1, -0.05) is 6.07 Å². The summed E-state index contributed by atoms with van der Waals surface area (Å²) < 4.78 is 0. The second-order valence-electron chi connectivity index (χ2n) is 5.93. The van der Waals surface area contributed by atoms with Crippen LogP contribution in [0.5, 0.6) is 0 Å². The lowest BCUT2D eigenvalue weighted by molar-refractivity contribution is 0.0787. The minimum absolute atomic E-state index is 0. The number of amides is 3. The highest BCUT2D eigenvalue weighted by Gasteiger charge is 2.27. The summed E-state index contributed by atoms with van der Waals surface area (Å²) in [6.45, 7) is 3.50. The van der Waals surface area contributed by atoms with Gasteiger partial charge in [0.05, 0.1) is 0 Å². The van der Waals surface area contributed by atoms with Crippen molar-refractivity contribution in [3.63, 3.8) is 0 Å². The minimum atomic E-state index is -0.0970. The molecule has 6 nitrogen and oxygen atoms in total. The summed E-state index contributed by atoms with van der Waals surface area (Å²) in [5.74, 6) is 0.426. The summed E-state index contributed by atoms with van der Waals surface area (Å²) in [5.41, 5.74) is 7.09. The summed E-state index contributed by atoms with van der Waals surface area (Å²) in [4.78, 5) is 28.1. The molecule has 2 saturated heterocycles. The number of likely N-dealkylation sites (tertiary alicyclic amines) is 1. The van der Waals surface area contributed by atoms with Gasteiger partial charge in [0.1, 0.15) is 0 Å². The first kappa shape index (κ1) is 17.6. The zero-order valence-electron chi connectivity index (χ0n) is 13.0. The van der Waals surface area contributed by atoms with Crippen LogP contribution in [0.1, 0.15) is 23.2 Å². The molecule has 2 fully saturated rings. The Balaban J connectivity index is 0.00000192. The number of nitrogens with one attached hydrogen (secondary N) is 1. The Labute approximate surface area is 142 Å². The number of carbonyl (C=O) groups excluding carboxylic acids is 2. The first-order valence-corrected chi connectivity index (χ1v) is 7.84. The molecule has 2 heterocycles. The summed E-state index contributed by atoms with van der Waals surface area (Å²) in [6.07, 6.45) is 1.88. The number of carbonyl (C=O) groups is 2. The Kier molecular flexibility index (Phi) is 5.85. The van der Waals surface area contributed by atoms with Gasteiger partial charge in [0.15, 0.2) is 0 Å². The molecule has 0 saturated carbocycles. The van der Waals surface area contributed by atoms with Crippen LogP contribution >= 0.6 is 12.4 Å². The van der Waals surface area contributed by atoms with Crippen LogP contribution in [0.4, 0.5) is 10.5 Å². The van der Waals surface area contributed by atoms with E-state index >= 15 is 0 Å². The van der Waals surface area contributed by atoms with Crippen LogP contribution in [0, 0.1) is 5.92 Å². The van der Waals surface area contributed by atoms with Gasteiger partial charge < -0.3 is 16.0 Å². The zero-order valence-corrected chi connectivity index (χ0v) is 13.8. The SMILES string of the molecule is Cl.NCC1CCN(C(=O)c2cccc(N3CCCNC3=O)c2)C1. The van der Waals surface area contributed by atoms with Crippen LogP contribution in [0.15, 0.2) is 24.3 Å².